The maximum Gasteiger partial charge on any atom is 0.332 e. The Bertz CT molecular complexity index is 1140. The van der Waals surface area contributed by atoms with Crippen LogP contribution < -0.4 is 33.7 Å². The molecule has 2 heterocycles. The molecular weight excluding hydrogens is 422 g/mol. The quantitative estimate of drug-likeness (QED) is 0.351. The highest BCUT2D eigenvalue weighted by Crippen LogP contribution is 2.16. The number of quaternary nitrogens is 1. The number of imidazole rings is 1. The van der Waals surface area contributed by atoms with Crippen LogP contribution in [0.25, 0.3) is 11.2 Å². The van der Waals surface area contributed by atoms with Gasteiger partial charge in [-0.2, -0.15) is 0 Å². The molecule has 3 N–H and O–H groups in total. The number of nitrogens with two attached hydrogens (primary N) is 1. The van der Waals surface area contributed by atoms with Gasteiger partial charge in [-0.15, -0.1) is 0 Å². The summed E-state index contributed by atoms with van der Waals surface area (Å²) in [6, 6.07) is 7.96. The monoisotopic (exact) mass is 451 g/mol. The minimum absolute atomic E-state index is 0. The number of fused-ring (bicyclic) bond motifs is 1. The Morgan fingerprint density at radius 3 is 2.61 bits per heavy atom. The number of hydrogen-bond donors (Lipinski definition) is 2. The number of halogens is 1. The normalized spacial score (nSPS) is 13.1. The molecular formula is C21H30ClN5O4. The first-order valence-corrected chi connectivity index (χ1v) is 10.1. The predicted molar refractivity (Wildman–Crippen MR) is 114 cm³/mol. The topological polar surface area (TPSA) is 108 Å². The van der Waals surface area contributed by atoms with Gasteiger partial charge < -0.3 is 32.1 Å². The lowest BCUT2D eigenvalue weighted by Crippen LogP contribution is -3.00. The number of aliphatic hydroxyl groups excluding tert-OH is 1. The molecule has 0 aliphatic rings. The van der Waals surface area contributed by atoms with Crippen LogP contribution in [0.3, 0.4) is 0 Å². The van der Waals surface area contributed by atoms with Gasteiger partial charge in [0.1, 0.15) is 25.0 Å². The Labute approximate surface area is 186 Å². The van der Waals surface area contributed by atoms with Gasteiger partial charge in [0.15, 0.2) is 11.2 Å². The van der Waals surface area contributed by atoms with Crippen LogP contribution in [0.2, 0.25) is 0 Å². The molecule has 2 aromatic heterocycles. The van der Waals surface area contributed by atoms with Crippen LogP contribution in [-0.4, -0.2) is 49.1 Å². The van der Waals surface area contributed by atoms with Gasteiger partial charge in [-0.25, -0.2) is 9.78 Å². The van der Waals surface area contributed by atoms with Gasteiger partial charge in [-0.05, 0) is 25.5 Å². The van der Waals surface area contributed by atoms with Crippen LogP contribution in [-0.2, 0) is 20.6 Å². The van der Waals surface area contributed by atoms with Gasteiger partial charge in [-0.1, -0.05) is 18.2 Å². The standard InChI is InChI=1S/C21H29N5O4.ClH/c1-14-7-5-6-8-17(14)30-12-16(27)11-22-15(2)9-10-26-13-23-19-18(26)20(28)25(4)21(29)24(19)3;/h5-8,13,15-16,22,27H,9-12H2,1-4H3;1H. The molecule has 3 rings (SSSR count). The zero-order valence-corrected chi connectivity index (χ0v) is 19.0. The maximum atomic E-state index is 12.5. The van der Waals surface area contributed by atoms with E-state index in [-0.39, 0.29) is 36.3 Å². The van der Waals surface area contributed by atoms with Crippen LogP contribution in [0, 0.1) is 6.92 Å². The first-order chi connectivity index (χ1) is 14.3. The molecule has 0 amide bonds. The molecule has 31 heavy (non-hydrogen) atoms. The highest BCUT2D eigenvalue weighted by atomic mass is 35.5. The molecule has 170 valence electrons. The van der Waals surface area contributed by atoms with E-state index in [2.05, 4.69) is 17.2 Å². The smallest absolute Gasteiger partial charge is 0.332 e. The lowest BCUT2D eigenvalue weighted by atomic mass is 10.2. The molecule has 9 nitrogen and oxygen atoms in total. The first-order valence-electron chi connectivity index (χ1n) is 10.1. The summed E-state index contributed by atoms with van der Waals surface area (Å²) in [5.74, 6) is 0.785. The fourth-order valence-corrected chi connectivity index (χ4v) is 3.39. The van der Waals surface area contributed by atoms with Crippen molar-refractivity contribution < 1.29 is 27.6 Å². The van der Waals surface area contributed by atoms with Gasteiger partial charge >= 0.3 is 5.69 Å². The van der Waals surface area contributed by atoms with E-state index < -0.39 is 6.10 Å². The van der Waals surface area contributed by atoms with Crippen molar-refractivity contribution in [1.29, 1.82) is 0 Å². The summed E-state index contributed by atoms with van der Waals surface area (Å²) in [4.78, 5) is 28.8. The average molecular weight is 452 g/mol. The molecule has 10 heteroatoms. The maximum absolute atomic E-state index is 12.5. The predicted octanol–water partition coefficient (Wildman–Crippen LogP) is -3.47. The van der Waals surface area contributed by atoms with Crippen LogP contribution in [0.1, 0.15) is 18.9 Å². The molecule has 0 spiro atoms. The van der Waals surface area contributed by atoms with Gasteiger partial charge in [-0.3, -0.25) is 13.9 Å². The number of rotatable bonds is 9. The number of aliphatic hydroxyl groups is 1. The highest BCUT2D eigenvalue weighted by molar-refractivity contribution is 5.69. The van der Waals surface area contributed by atoms with Crippen molar-refractivity contribution >= 4 is 11.2 Å². The van der Waals surface area contributed by atoms with Crippen LogP contribution in [0.5, 0.6) is 5.75 Å². The van der Waals surface area contributed by atoms with Gasteiger partial charge in [0.25, 0.3) is 5.56 Å². The number of aryl methyl sites for hydroxylation is 3. The third kappa shape index (κ3) is 5.55. The minimum atomic E-state index is -0.581. The Balaban J connectivity index is 0.00000341. The molecule has 0 aliphatic heterocycles. The molecule has 3 aromatic rings. The second-order valence-electron chi connectivity index (χ2n) is 7.78. The molecule has 0 saturated carbocycles. The summed E-state index contributed by atoms with van der Waals surface area (Å²) < 4.78 is 9.97. The summed E-state index contributed by atoms with van der Waals surface area (Å²) in [5, 5.41) is 12.3. The molecule has 0 radical (unpaired) electrons. The Morgan fingerprint density at radius 1 is 1.19 bits per heavy atom. The third-order valence-corrected chi connectivity index (χ3v) is 5.38. The Morgan fingerprint density at radius 2 is 1.90 bits per heavy atom. The largest absolute Gasteiger partial charge is 1.00 e. The summed E-state index contributed by atoms with van der Waals surface area (Å²) in [7, 11) is 3.08. The van der Waals surface area contributed by atoms with E-state index in [0.29, 0.717) is 24.3 Å². The van der Waals surface area contributed by atoms with Crippen LogP contribution in [0.15, 0.2) is 40.2 Å². The molecule has 2 atom stereocenters. The number of benzene rings is 1. The van der Waals surface area contributed by atoms with Gasteiger partial charge in [0.05, 0.1) is 12.4 Å². The zero-order chi connectivity index (χ0) is 21.8. The number of para-hydroxylation sites is 1. The summed E-state index contributed by atoms with van der Waals surface area (Å²) in [5.41, 5.74) is 1.13. The van der Waals surface area contributed by atoms with E-state index in [1.807, 2.05) is 31.2 Å². The fraction of sp³-hybridized carbons (Fsp3) is 0.476. The summed E-state index contributed by atoms with van der Waals surface area (Å²) in [6.07, 6.45) is 1.80. The number of nitrogens with zero attached hydrogens (tertiary/aromatic N) is 4. The van der Waals surface area contributed by atoms with Crippen molar-refractivity contribution in [3.8, 4) is 5.75 Å². The minimum Gasteiger partial charge on any atom is -1.00 e. The molecule has 0 aliphatic carbocycles. The van der Waals surface area contributed by atoms with Crippen molar-refractivity contribution in [2.45, 2.75) is 39.0 Å². The van der Waals surface area contributed by atoms with E-state index in [1.54, 1.807) is 17.9 Å². The number of ether oxygens (including phenoxy) is 1. The Kier molecular flexibility index (Phi) is 8.43. The highest BCUT2D eigenvalue weighted by Gasteiger charge is 2.16. The summed E-state index contributed by atoms with van der Waals surface area (Å²) in [6.45, 7) is 5.40. The van der Waals surface area contributed by atoms with E-state index in [4.69, 9.17) is 4.74 Å². The van der Waals surface area contributed by atoms with E-state index in [1.165, 1.54) is 11.6 Å². The van der Waals surface area contributed by atoms with Crippen molar-refractivity contribution in [2.24, 2.45) is 14.1 Å². The average Bonchev–Trinajstić information content (AvgIpc) is 3.17. The van der Waals surface area contributed by atoms with Crippen molar-refractivity contribution in [3.05, 3.63) is 57.0 Å². The molecule has 0 bridgehead atoms. The molecule has 1 aromatic carbocycles. The molecule has 0 saturated heterocycles. The van der Waals surface area contributed by atoms with Crippen LogP contribution >= 0.6 is 0 Å². The second-order valence-corrected chi connectivity index (χ2v) is 7.78. The van der Waals surface area contributed by atoms with E-state index in [9.17, 15) is 14.7 Å². The van der Waals surface area contributed by atoms with Crippen molar-refractivity contribution in [2.75, 3.05) is 13.2 Å². The number of hydrogen-bond acceptors (Lipinski definition) is 5. The lowest BCUT2D eigenvalue weighted by molar-refractivity contribution is -0.692. The van der Waals surface area contributed by atoms with E-state index in [0.717, 1.165) is 22.3 Å². The Hall–Kier alpha value is -2.62. The first kappa shape index (κ1) is 24.6. The van der Waals surface area contributed by atoms with E-state index >= 15 is 0 Å². The van der Waals surface area contributed by atoms with Crippen LogP contribution in [0.4, 0.5) is 0 Å². The van der Waals surface area contributed by atoms with Gasteiger partial charge in [0, 0.05) is 27.1 Å². The van der Waals surface area contributed by atoms with Gasteiger partial charge in [0.2, 0.25) is 0 Å². The van der Waals surface area contributed by atoms with Crippen molar-refractivity contribution in [3.63, 3.8) is 0 Å². The third-order valence-electron chi connectivity index (χ3n) is 5.38. The zero-order valence-electron chi connectivity index (χ0n) is 18.3. The molecule has 0 fully saturated rings. The summed E-state index contributed by atoms with van der Waals surface area (Å²) >= 11 is 0. The second kappa shape index (κ2) is 10.6. The SMILES string of the molecule is Cc1ccccc1OCC(O)C[NH2+]C(C)CCn1cnc2c1c(=O)n(C)c(=O)n2C.[Cl-]. The van der Waals surface area contributed by atoms with Crippen molar-refractivity contribution in [1.82, 2.24) is 18.7 Å². The fourth-order valence-electron chi connectivity index (χ4n) is 3.39. The molecule has 2 unspecified atom stereocenters. The lowest BCUT2D eigenvalue weighted by Gasteiger charge is -2.16. The number of aromatic nitrogens is 4.